The van der Waals surface area contributed by atoms with Crippen LogP contribution in [0.2, 0.25) is 0 Å². The molecule has 1 heterocycles. The third-order valence-electron chi connectivity index (χ3n) is 2.99. The van der Waals surface area contributed by atoms with Crippen molar-refractivity contribution in [3.8, 4) is 0 Å². The molecule has 0 aromatic heterocycles. The van der Waals surface area contributed by atoms with E-state index in [1.54, 1.807) is 0 Å². The van der Waals surface area contributed by atoms with Gasteiger partial charge in [-0.25, -0.2) is 3.63 Å². The molecule has 0 radical (unpaired) electrons. The second kappa shape index (κ2) is 6.91. The van der Waals surface area contributed by atoms with E-state index in [4.69, 9.17) is 3.63 Å². The second-order valence-electron chi connectivity index (χ2n) is 4.96. The Kier molecular flexibility index (Phi) is 6.14. The maximum absolute atomic E-state index is 11.9. The number of unbranched alkanes of at least 4 members (excludes halogenated alkanes) is 1. The van der Waals surface area contributed by atoms with Crippen molar-refractivity contribution in [2.24, 2.45) is 0 Å². The molecular formula is C12H24O4S2. The van der Waals surface area contributed by atoms with E-state index in [9.17, 15) is 13.2 Å². The highest BCUT2D eigenvalue weighted by Gasteiger charge is 2.33. The standard InChI is InChI=1S/C12H24O4S2/c1-3-4-10-18(14,15)16-17(11-12(2)13)8-6-5-7-9-17/h3-11H2,1-2H3. The molecular weight excluding hydrogens is 272 g/mol. The molecule has 1 aliphatic rings. The van der Waals surface area contributed by atoms with Crippen molar-refractivity contribution in [3.63, 3.8) is 0 Å². The number of hydrogen-bond acceptors (Lipinski definition) is 4. The lowest BCUT2D eigenvalue weighted by Crippen LogP contribution is -2.27. The van der Waals surface area contributed by atoms with Gasteiger partial charge in [0, 0.05) is 11.5 Å². The van der Waals surface area contributed by atoms with Gasteiger partial charge in [-0.1, -0.05) is 19.8 Å². The monoisotopic (exact) mass is 296 g/mol. The van der Waals surface area contributed by atoms with E-state index < -0.39 is 20.4 Å². The largest absolute Gasteiger partial charge is 0.299 e. The zero-order chi connectivity index (χ0) is 13.6. The van der Waals surface area contributed by atoms with Gasteiger partial charge in [0.2, 0.25) is 0 Å². The summed E-state index contributed by atoms with van der Waals surface area (Å²) in [4.78, 5) is 11.4. The third kappa shape index (κ3) is 5.28. The van der Waals surface area contributed by atoms with Gasteiger partial charge in [-0.3, -0.25) is 4.79 Å². The summed E-state index contributed by atoms with van der Waals surface area (Å²) in [5.74, 6) is 1.95. The van der Waals surface area contributed by atoms with Crippen molar-refractivity contribution in [2.45, 2.75) is 46.0 Å². The summed E-state index contributed by atoms with van der Waals surface area (Å²) in [6, 6.07) is 0. The van der Waals surface area contributed by atoms with E-state index in [0.29, 0.717) is 12.2 Å². The van der Waals surface area contributed by atoms with E-state index in [1.165, 1.54) is 6.92 Å². The van der Waals surface area contributed by atoms with Gasteiger partial charge in [0.1, 0.15) is 5.78 Å². The minimum Gasteiger partial charge on any atom is -0.299 e. The fourth-order valence-electron chi connectivity index (χ4n) is 2.19. The first kappa shape index (κ1) is 16.0. The van der Waals surface area contributed by atoms with Crippen molar-refractivity contribution in [2.75, 3.05) is 23.0 Å². The molecule has 1 rings (SSSR count). The Labute approximate surface area is 112 Å². The summed E-state index contributed by atoms with van der Waals surface area (Å²) >= 11 is 0. The molecule has 0 N–H and O–H groups in total. The number of hydrogen-bond donors (Lipinski definition) is 0. The summed E-state index contributed by atoms with van der Waals surface area (Å²) in [6.45, 7) is 3.47. The van der Waals surface area contributed by atoms with Crippen LogP contribution < -0.4 is 0 Å². The summed E-state index contributed by atoms with van der Waals surface area (Å²) in [6.07, 6.45) is 4.53. The van der Waals surface area contributed by atoms with Crippen molar-refractivity contribution < 1.29 is 16.8 Å². The maximum atomic E-state index is 11.9. The summed E-state index contributed by atoms with van der Waals surface area (Å²) in [5.41, 5.74) is 0. The molecule has 0 amide bonds. The lowest BCUT2D eigenvalue weighted by molar-refractivity contribution is -0.114. The predicted molar refractivity (Wildman–Crippen MR) is 76.5 cm³/mol. The minimum absolute atomic E-state index is 0.0394. The SMILES string of the molecule is CCCCS(=O)(=O)OS1(CC(C)=O)CCCCC1. The van der Waals surface area contributed by atoms with Crippen LogP contribution in [0.1, 0.15) is 46.0 Å². The fourth-order valence-corrected chi connectivity index (χ4v) is 8.30. The number of carbonyl (C=O) groups is 1. The molecule has 108 valence electrons. The first-order valence-corrected chi connectivity index (χ1v) is 10.2. The van der Waals surface area contributed by atoms with Crippen LogP contribution in [0.3, 0.4) is 0 Å². The highest BCUT2D eigenvalue weighted by atomic mass is 32.3. The molecule has 0 spiro atoms. The van der Waals surface area contributed by atoms with Gasteiger partial charge >= 0.3 is 0 Å². The molecule has 0 saturated carbocycles. The van der Waals surface area contributed by atoms with Crippen LogP contribution in [0.4, 0.5) is 0 Å². The van der Waals surface area contributed by atoms with Gasteiger partial charge in [-0.05, 0) is 26.2 Å². The van der Waals surface area contributed by atoms with Crippen LogP contribution in [-0.2, 0) is 18.5 Å². The van der Waals surface area contributed by atoms with Gasteiger partial charge in [-0.2, -0.15) is 8.42 Å². The van der Waals surface area contributed by atoms with E-state index in [-0.39, 0.29) is 11.5 Å². The van der Waals surface area contributed by atoms with Gasteiger partial charge < -0.3 is 0 Å². The van der Waals surface area contributed by atoms with Crippen LogP contribution in [0.5, 0.6) is 0 Å². The summed E-state index contributed by atoms with van der Waals surface area (Å²) in [7, 11) is -5.19. The van der Waals surface area contributed by atoms with Crippen LogP contribution in [0.25, 0.3) is 0 Å². The van der Waals surface area contributed by atoms with E-state index in [1.807, 2.05) is 6.92 Å². The van der Waals surface area contributed by atoms with Crippen molar-refractivity contribution in [1.29, 1.82) is 0 Å². The Morgan fingerprint density at radius 1 is 1.22 bits per heavy atom. The van der Waals surface area contributed by atoms with Crippen molar-refractivity contribution >= 4 is 26.2 Å². The Morgan fingerprint density at radius 2 is 1.83 bits per heavy atom. The molecule has 1 fully saturated rings. The van der Waals surface area contributed by atoms with Gasteiger partial charge in [0.15, 0.2) is 0 Å². The molecule has 18 heavy (non-hydrogen) atoms. The summed E-state index contributed by atoms with van der Waals surface area (Å²) in [5, 5.41) is 0. The molecule has 1 saturated heterocycles. The predicted octanol–water partition coefficient (Wildman–Crippen LogP) is 2.63. The highest BCUT2D eigenvalue weighted by Crippen LogP contribution is 2.54. The Bertz CT molecular complexity index is 370. The van der Waals surface area contributed by atoms with Crippen LogP contribution >= 0.6 is 10.3 Å². The first-order valence-electron chi connectivity index (χ1n) is 6.59. The Morgan fingerprint density at radius 3 is 2.33 bits per heavy atom. The Balaban J connectivity index is 2.74. The number of ketones is 1. The quantitative estimate of drug-likeness (QED) is 0.724. The van der Waals surface area contributed by atoms with Crippen LogP contribution in [0.15, 0.2) is 0 Å². The minimum atomic E-state index is -3.46. The zero-order valence-electron chi connectivity index (χ0n) is 11.3. The number of carbonyl (C=O) groups excluding carboxylic acids is 1. The van der Waals surface area contributed by atoms with Gasteiger partial charge in [0.05, 0.1) is 11.5 Å². The molecule has 0 bridgehead atoms. The molecule has 0 aromatic rings. The number of rotatable bonds is 7. The maximum Gasteiger partial charge on any atom is 0.276 e. The van der Waals surface area contributed by atoms with E-state index in [2.05, 4.69) is 0 Å². The average Bonchev–Trinajstić information content (AvgIpc) is 2.25. The Hall–Kier alpha value is -0.0700. The van der Waals surface area contributed by atoms with Gasteiger partial charge in [0.25, 0.3) is 10.1 Å². The fraction of sp³-hybridized carbons (Fsp3) is 0.917. The molecule has 0 aromatic carbocycles. The second-order valence-corrected chi connectivity index (χ2v) is 10.1. The summed E-state index contributed by atoms with van der Waals surface area (Å²) < 4.78 is 29.4. The smallest absolute Gasteiger partial charge is 0.276 e. The van der Waals surface area contributed by atoms with E-state index in [0.717, 1.165) is 37.2 Å². The normalized spacial score (nSPS) is 21.4. The average molecular weight is 296 g/mol. The molecule has 0 unspecified atom stereocenters. The third-order valence-corrected chi connectivity index (χ3v) is 8.77. The zero-order valence-corrected chi connectivity index (χ0v) is 12.9. The van der Waals surface area contributed by atoms with Crippen molar-refractivity contribution in [1.82, 2.24) is 0 Å². The topological polar surface area (TPSA) is 60.4 Å². The van der Waals surface area contributed by atoms with Crippen LogP contribution in [0, 0.1) is 0 Å². The van der Waals surface area contributed by atoms with E-state index >= 15 is 0 Å². The lowest BCUT2D eigenvalue weighted by atomic mass is 10.3. The molecule has 6 heteroatoms. The first-order chi connectivity index (χ1) is 8.39. The molecule has 1 aliphatic heterocycles. The van der Waals surface area contributed by atoms with Crippen molar-refractivity contribution in [3.05, 3.63) is 0 Å². The highest BCUT2D eigenvalue weighted by molar-refractivity contribution is 8.33. The molecule has 0 atom stereocenters. The molecule has 0 aliphatic carbocycles. The number of Topliss-reactive ketones (excluding diaryl/α,β-unsaturated/α-hetero) is 1. The van der Waals surface area contributed by atoms with Crippen LogP contribution in [-0.4, -0.2) is 37.2 Å². The lowest BCUT2D eigenvalue weighted by Gasteiger charge is -2.40. The van der Waals surface area contributed by atoms with Gasteiger partial charge in [-0.15, -0.1) is 10.3 Å². The molecule has 4 nitrogen and oxygen atoms in total.